The summed E-state index contributed by atoms with van der Waals surface area (Å²) in [6.45, 7) is 1.78. The first-order valence-electron chi connectivity index (χ1n) is 3.31. The molecule has 12 heavy (non-hydrogen) atoms. The largest absolute Gasteiger partial charge is 0.755 e. The molecule has 0 aromatic heterocycles. The number of rotatable bonds is 2. The summed E-state index contributed by atoms with van der Waals surface area (Å²) in [4.78, 5) is 0. The molecule has 5 heteroatoms. The van der Waals surface area contributed by atoms with Crippen LogP contribution < -0.4 is 10.5 Å². The molecule has 0 saturated carbocycles. The highest BCUT2D eigenvalue weighted by Crippen LogP contribution is 2.17. The van der Waals surface area contributed by atoms with Gasteiger partial charge in [-0.1, -0.05) is 0 Å². The third kappa shape index (κ3) is 2.21. The zero-order valence-corrected chi connectivity index (χ0v) is 7.35. The molecule has 1 unspecified atom stereocenters. The molecule has 0 radical (unpaired) electrons. The van der Waals surface area contributed by atoms with E-state index in [1.165, 1.54) is 0 Å². The number of nitrogens with one attached hydrogen (secondary N) is 1. The van der Waals surface area contributed by atoms with Gasteiger partial charge in [0.05, 0.1) is 0 Å². The van der Waals surface area contributed by atoms with E-state index >= 15 is 0 Å². The van der Waals surface area contributed by atoms with Crippen molar-refractivity contribution in [3.8, 4) is 0 Å². The van der Waals surface area contributed by atoms with Crippen LogP contribution in [0.15, 0.2) is 18.2 Å². The van der Waals surface area contributed by atoms with Crippen molar-refractivity contribution in [3.05, 3.63) is 23.8 Å². The standard InChI is InChI=1S/C7H10N2O2S/c1-5-4-6(8)2-3-7(5)9-12(10)11/h2-4,9H,8H2,1H3,(H,10,11)/p-1. The quantitative estimate of drug-likeness (QED) is 0.528. The summed E-state index contributed by atoms with van der Waals surface area (Å²) < 4.78 is 22.8. The molecular weight excluding hydrogens is 176 g/mol. The summed E-state index contributed by atoms with van der Waals surface area (Å²) >= 11 is -2.27. The van der Waals surface area contributed by atoms with Crippen LogP contribution in [0, 0.1) is 6.92 Å². The highest BCUT2D eigenvalue weighted by atomic mass is 32.2. The monoisotopic (exact) mass is 185 g/mol. The Morgan fingerprint density at radius 1 is 1.58 bits per heavy atom. The molecule has 1 aromatic carbocycles. The van der Waals surface area contributed by atoms with Gasteiger partial charge in [-0.2, -0.15) is 0 Å². The molecule has 3 N–H and O–H groups in total. The molecule has 0 amide bonds. The van der Waals surface area contributed by atoms with Crippen molar-refractivity contribution in [2.75, 3.05) is 10.5 Å². The van der Waals surface area contributed by atoms with Gasteiger partial charge in [-0.25, -0.2) is 0 Å². The summed E-state index contributed by atoms with van der Waals surface area (Å²) in [5.41, 5.74) is 7.45. The average Bonchev–Trinajstić information content (AvgIpc) is 1.94. The zero-order chi connectivity index (χ0) is 9.14. The Morgan fingerprint density at radius 3 is 2.75 bits per heavy atom. The molecule has 66 valence electrons. The van der Waals surface area contributed by atoms with E-state index in [-0.39, 0.29) is 0 Å². The highest BCUT2D eigenvalue weighted by molar-refractivity contribution is 7.80. The van der Waals surface area contributed by atoms with Gasteiger partial charge in [0.1, 0.15) is 0 Å². The first kappa shape index (κ1) is 9.02. The van der Waals surface area contributed by atoms with Crippen molar-refractivity contribution in [3.63, 3.8) is 0 Å². The predicted octanol–water partition coefficient (Wildman–Crippen LogP) is 0.783. The van der Waals surface area contributed by atoms with Gasteiger partial charge in [0.15, 0.2) is 0 Å². The van der Waals surface area contributed by atoms with Crippen molar-refractivity contribution in [1.29, 1.82) is 0 Å². The van der Waals surface area contributed by atoms with Crippen LogP contribution in [0.1, 0.15) is 5.56 Å². The van der Waals surface area contributed by atoms with Gasteiger partial charge in [0.25, 0.3) is 0 Å². The van der Waals surface area contributed by atoms with Crippen LogP contribution in [-0.4, -0.2) is 8.76 Å². The van der Waals surface area contributed by atoms with Gasteiger partial charge >= 0.3 is 0 Å². The Bertz CT molecular complexity index is 314. The molecule has 1 rings (SSSR count). The first-order valence-corrected chi connectivity index (χ1v) is 4.39. The van der Waals surface area contributed by atoms with E-state index in [0.29, 0.717) is 11.4 Å². The van der Waals surface area contributed by atoms with Crippen LogP contribution in [-0.2, 0) is 11.3 Å². The fourth-order valence-electron chi connectivity index (χ4n) is 0.891. The number of hydrogen-bond acceptors (Lipinski definition) is 3. The van der Waals surface area contributed by atoms with Crippen LogP contribution in [0.2, 0.25) is 0 Å². The van der Waals surface area contributed by atoms with Gasteiger partial charge in [0, 0.05) is 22.6 Å². The van der Waals surface area contributed by atoms with Gasteiger partial charge in [-0.15, -0.1) is 0 Å². The molecule has 0 bridgehead atoms. The van der Waals surface area contributed by atoms with E-state index in [4.69, 9.17) is 5.73 Å². The lowest BCUT2D eigenvalue weighted by atomic mass is 10.2. The normalized spacial score (nSPS) is 12.5. The number of anilines is 2. The predicted molar refractivity (Wildman–Crippen MR) is 48.1 cm³/mol. The summed E-state index contributed by atoms with van der Waals surface area (Å²) in [6, 6.07) is 4.97. The van der Waals surface area contributed by atoms with Gasteiger partial charge < -0.3 is 15.0 Å². The third-order valence-corrected chi connectivity index (χ3v) is 1.83. The van der Waals surface area contributed by atoms with Crippen molar-refractivity contribution >= 4 is 22.6 Å². The summed E-state index contributed by atoms with van der Waals surface area (Å²) in [5, 5.41) is 0. The number of nitrogens with two attached hydrogens (primary N) is 1. The number of nitrogen functional groups attached to an aromatic ring is 1. The van der Waals surface area contributed by atoms with Crippen LogP contribution in [0.4, 0.5) is 11.4 Å². The molecule has 0 aliphatic heterocycles. The smallest absolute Gasteiger partial charge is 0.0483 e. The van der Waals surface area contributed by atoms with Crippen molar-refractivity contribution in [2.45, 2.75) is 6.92 Å². The third-order valence-electron chi connectivity index (χ3n) is 1.44. The molecular formula is C7H9N2O2S-. The fourth-order valence-corrected chi connectivity index (χ4v) is 1.30. The molecule has 0 aliphatic carbocycles. The minimum absolute atomic E-state index is 0.553. The Balaban J connectivity index is 2.93. The van der Waals surface area contributed by atoms with E-state index in [1.54, 1.807) is 25.1 Å². The lowest BCUT2D eigenvalue weighted by molar-refractivity contribution is 0.542. The Kier molecular flexibility index (Phi) is 2.67. The highest BCUT2D eigenvalue weighted by Gasteiger charge is 1.96. The average molecular weight is 185 g/mol. The van der Waals surface area contributed by atoms with Crippen molar-refractivity contribution < 1.29 is 8.76 Å². The van der Waals surface area contributed by atoms with Crippen molar-refractivity contribution in [1.82, 2.24) is 0 Å². The Hall–Kier alpha value is -1.07. The number of hydrogen-bond donors (Lipinski definition) is 2. The summed E-state index contributed by atoms with van der Waals surface area (Å²) in [7, 11) is 0. The fraction of sp³-hybridized carbons (Fsp3) is 0.143. The van der Waals surface area contributed by atoms with E-state index in [1.807, 2.05) is 0 Å². The first-order chi connectivity index (χ1) is 5.59. The molecule has 0 fully saturated rings. The maximum absolute atomic E-state index is 10.3. The molecule has 1 aromatic rings. The van der Waals surface area contributed by atoms with Gasteiger partial charge in [-0.05, 0) is 30.7 Å². The van der Waals surface area contributed by atoms with Crippen LogP contribution in [0.25, 0.3) is 0 Å². The second-order valence-corrected chi connectivity index (χ2v) is 3.08. The SMILES string of the molecule is Cc1cc(N)ccc1NS(=O)[O-]. The summed E-state index contributed by atoms with van der Waals surface area (Å²) in [6.07, 6.45) is 0. The number of benzene rings is 1. The molecule has 4 nitrogen and oxygen atoms in total. The van der Waals surface area contributed by atoms with Gasteiger partial charge in [-0.3, -0.25) is 4.21 Å². The molecule has 0 heterocycles. The maximum atomic E-state index is 10.3. The van der Waals surface area contributed by atoms with E-state index in [0.717, 1.165) is 5.56 Å². The molecule has 1 atom stereocenters. The van der Waals surface area contributed by atoms with E-state index in [9.17, 15) is 8.76 Å². The second-order valence-electron chi connectivity index (χ2n) is 2.41. The molecule has 0 saturated heterocycles. The Labute approximate surface area is 73.2 Å². The minimum Gasteiger partial charge on any atom is -0.755 e. The van der Waals surface area contributed by atoms with E-state index in [2.05, 4.69) is 4.72 Å². The lowest BCUT2D eigenvalue weighted by Crippen LogP contribution is -2.03. The molecule has 0 spiro atoms. The van der Waals surface area contributed by atoms with Crippen LogP contribution >= 0.6 is 0 Å². The second kappa shape index (κ2) is 3.55. The van der Waals surface area contributed by atoms with Crippen LogP contribution in [0.3, 0.4) is 0 Å². The summed E-state index contributed by atoms with van der Waals surface area (Å²) in [5.74, 6) is 0. The number of aryl methyl sites for hydroxylation is 1. The van der Waals surface area contributed by atoms with Crippen LogP contribution in [0.5, 0.6) is 0 Å². The lowest BCUT2D eigenvalue weighted by Gasteiger charge is -2.11. The van der Waals surface area contributed by atoms with E-state index < -0.39 is 11.3 Å². The molecule has 0 aliphatic rings. The Morgan fingerprint density at radius 2 is 2.25 bits per heavy atom. The minimum atomic E-state index is -2.27. The topological polar surface area (TPSA) is 78.2 Å². The maximum Gasteiger partial charge on any atom is 0.0483 e. The van der Waals surface area contributed by atoms with Crippen molar-refractivity contribution in [2.24, 2.45) is 0 Å². The zero-order valence-electron chi connectivity index (χ0n) is 6.53. The van der Waals surface area contributed by atoms with Gasteiger partial charge in [0.2, 0.25) is 0 Å².